The van der Waals surface area contributed by atoms with E-state index in [1.807, 2.05) is 0 Å². The Morgan fingerprint density at radius 2 is 2.27 bits per heavy atom. The zero-order chi connectivity index (χ0) is 8.27. The van der Waals surface area contributed by atoms with Gasteiger partial charge in [-0.3, -0.25) is 9.59 Å². The molecule has 11 heavy (non-hydrogen) atoms. The van der Waals surface area contributed by atoms with Gasteiger partial charge in [-0.25, -0.2) is 9.97 Å². The minimum Gasteiger partial charge on any atom is -0.296 e. The number of nitrogens with zero attached hydrogens (tertiary/aromatic N) is 2. The van der Waals surface area contributed by atoms with Crippen molar-refractivity contribution in [2.75, 3.05) is 0 Å². The van der Waals surface area contributed by atoms with Gasteiger partial charge in [0, 0.05) is 22.6 Å². The van der Waals surface area contributed by atoms with Gasteiger partial charge in [-0.05, 0) is 6.07 Å². The first-order valence-corrected chi connectivity index (χ1v) is 3.79. The zero-order valence-corrected chi connectivity index (χ0v) is 7.48. The van der Waals surface area contributed by atoms with E-state index in [1.165, 1.54) is 12.4 Å². The fraction of sp³-hybridized carbons (Fsp3) is 0. The normalized spacial score (nSPS) is 9.18. The third-order valence-corrected chi connectivity index (χ3v) is 1.56. The van der Waals surface area contributed by atoms with E-state index in [-0.39, 0.29) is 15.2 Å². The van der Waals surface area contributed by atoms with Crippen LogP contribution in [0.1, 0.15) is 21.0 Å². The number of hydrogen-bond acceptors (Lipinski definition) is 4. The number of carbonyl (C=O) groups excluding carboxylic acids is 2. The molecule has 0 spiro atoms. The largest absolute Gasteiger partial charge is 0.296 e. The van der Waals surface area contributed by atoms with Gasteiger partial charge in [0.05, 0.1) is 0 Å². The van der Waals surface area contributed by atoms with E-state index in [4.69, 9.17) is 0 Å². The van der Waals surface area contributed by atoms with Crippen LogP contribution in [0.5, 0.6) is 0 Å². The predicted molar refractivity (Wildman–Crippen MR) is 45.8 cm³/mol. The van der Waals surface area contributed by atoms with E-state index >= 15 is 0 Å². The molecule has 0 unspecified atom stereocenters. The third kappa shape index (κ3) is 2.04. The molecule has 0 saturated heterocycles. The fourth-order valence-corrected chi connectivity index (χ4v) is 0.839. The van der Waals surface area contributed by atoms with Gasteiger partial charge in [0.25, 0.3) is 0 Å². The van der Waals surface area contributed by atoms with Crippen LogP contribution in [0.3, 0.4) is 0 Å². The molecule has 0 radical (unpaired) electrons. The highest BCUT2D eigenvalue weighted by molar-refractivity contribution is 14.1. The minimum absolute atomic E-state index is 0.201. The van der Waals surface area contributed by atoms with Gasteiger partial charge in [0.15, 0.2) is 6.29 Å². The Balaban J connectivity index is 3.10. The number of halogens is 1. The van der Waals surface area contributed by atoms with E-state index in [2.05, 4.69) is 9.97 Å². The third-order valence-electron chi connectivity index (χ3n) is 1.01. The van der Waals surface area contributed by atoms with Crippen LogP contribution in [0.25, 0.3) is 0 Å². The average molecular weight is 262 g/mol. The molecule has 1 aromatic heterocycles. The lowest BCUT2D eigenvalue weighted by atomic mass is 10.3. The van der Waals surface area contributed by atoms with E-state index in [0.717, 1.165) is 0 Å². The first-order chi connectivity index (χ1) is 5.24. The van der Waals surface area contributed by atoms with Gasteiger partial charge in [-0.15, -0.1) is 0 Å². The maximum Gasteiger partial charge on any atom is 0.240 e. The summed E-state index contributed by atoms with van der Waals surface area (Å²) in [7, 11) is 0. The summed E-state index contributed by atoms with van der Waals surface area (Å²) in [5.74, 6) is 0. The van der Waals surface area contributed by atoms with Crippen LogP contribution < -0.4 is 0 Å². The molecule has 0 aromatic carbocycles. The molecule has 4 nitrogen and oxygen atoms in total. The average Bonchev–Trinajstić information content (AvgIpc) is 2.05. The molecule has 1 rings (SSSR count). The fourth-order valence-electron chi connectivity index (χ4n) is 0.544. The van der Waals surface area contributed by atoms with Crippen molar-refractivity contribution < 1.29 is 9.59 Å². The molecule has 0 amide bonds. The number of carbonyl (C=O) groups is 2. The second-order valence-electron chi connectivity index (χ2n) is 1.72. The molecule has 0 bridgehead atoms. The van der Waals surface area contributed by atoms with Gasteiger partial charge >= 0.3 is 0 Å². The van der Waals surface area contributed by atoms with Crippen molar-refractivity contribution in [2.45, 2.75) is 0 Å². The van der Waals surface area contributed by atoms with Crippen molar-refractivity contribution in [3.63, 3.8) is 0 Å². The molecule has 0 atom stereocenters. The van der Waals surface area contributed by atoms with Crippen LogP contribution in [0, 0.1) is 0 Å². The number of hydrogen-bond donors (Lipinski definition) is 0. The summed E-state index contributed by atoms with van der Waals surface area (Å²) in [4.78, 5) is 28.1. The van der Waals surface area contributed by atoms with Crippen LogP contribution in [0.15, 0.2) is 12.4 Å². The quantitative estimate of drug-likeness (QED) is 0.450. The summed E-state index contributed by atoms with van der Waals surface area (Å²) >= 11 is 1.60. The summed E-state index contributed by atoms with van der Waals surface area (Å²) in [5, 5.41) is 0. The molecule has 0 aliphatic heterocycles. The highest BCUT2D eigenvalue weighted by Gasteiger charge is 2.02. The SMILES string of the molecule is O=Cc1cc(C(=O)I)ncn1. The van der Waals surface area contributed by atoms with Crippen LogP contribution >= 0.6 is 22.6 Å². The first-order valence-electron chi connectivity index (χ1n) is 2.71. The lowest BCUT2D eigenvalue weighted by Gasteiger charge is -1.91. The number of aldehydes is 1. The maximum absolute atomic E-state index is 10.7. The van der Waals surface area contributed by atoms with E-state index in [1.54, 1.807) is 22.6 Å². The molecular weight excluding hydrogens is 259 g/mol. The zero-order valence-electron chi connectivity index (χ0n) is 5.32. The second kappa shape index (κ2) is 3.51. The molecule has 5 heteroatoms. The second-order valence-corrected chi connectivity index (χ2v) is 2.70. The standard InChI is InChI=1S/C6H3IN2O2/c7-6(11)5-1-4(2-10)8-3-9-5/h1-3H. The number of aromatic nitrogens is 2. The minimum atomic E-state index is -0.201. The Morgan fingerprint density at radius 3 is 2.82 bits per heavy atom. The lowest BCUT2D eigenvalue weighted by Crippen LogP contribution is -1.96. The summed E-state index contributed by atoms with van der Waals surface area (Å²) in [6, 6.07) is 1.35. The van der Waals surface area contributed by atoms with E-state index in [9.17, 15) is 9.59 Å². The van der Waals surface area contributed by atoms with Crippen molar-refractivity contribution in [1.82, 2.24) is 9.97 Å². The van der Waals surface area contributed by atoms with Crippen LogP contribution in [-0.2, 0) is 0 Å². The summed E-state index contributed by atoms with van der Waals surface area (Å²) in [6.07, 6.45) is 1.76. The highest BCUT2D eigenvalue weighted by atomic mass is 127. The van der Waals surface area contributed by atoms with Gasteiger partial charge in [0.2, 0.25) is 3.79 Å². The van der Waals surface area contributed by atoms with E-state index in [0.29, 0.717) is 6.29 Å². The Labute approximate surface area is 76.2 Å². The summed E-state index contributed by atoms with van der Waals surface area (Å²) in [5.41, 5.74) is 0.475. The van der Waals surface area contributed by atoms with Crippen molar-refractivity contribution in [3.8, 4) is 0 Å². The molecular formula is C6H3IN2O2. The van der Waals surface area contributed by atoms with Crippen molar-refractivity contribution in [1.29, 1.82) is 0 Å². The molecule has 1 heterocycles. The molecule has 0 saturated carbocycles. The Morgan fingerprint density at radius 1 is 1.55 bits per heavy atom. The van der Waals surface area contributed by atoms with Crippen molar-refractivity contribution >= 4 is 32.7 Å². The predicted octanol–water partition coefficient (Wildman–Crippen LogP) is 0.864. The maximum atomic E-state index is 10.7. The highest BCUT2D eigenvalue weighted by Crippen LogP contribution is 2.01. The van der Waals surface area contributed by atoms with Crippen LogP contribution in [-0.4, -0.2) is 20.0 Å². The van der Waals surface area contributed by atoms with Crippen molar-refractivity contribution in [2.24, 2.45) is 0 Å². The summed E-state index contributed by atoms with van der Waals surface area (Å²) < 4.78 is -0.201. The molecule has 1 aromatic rings. The Kier molecular flexibility index (Phi) is 2.64. The molecule has 0 fully saturated rings. The smallest absolute Gasteiger partial charge is 0.240 e. The topological polar surface area (TPSA) is 59.9 Å². The van der Waals surface area contributed by atoms with Crippen LogP contribution in [0.2, 0.25) is 0 Å². The number of rotatable bonds is 2. The molecule has 0 aliphatic carbocycles. The van der Waals surface area contributed by atoms with Gasteiger partial charge in [-0.2, -0.15) is 0 Å². The first kappa shape index (κ1) is 8.25. The van der Waals surface area contributed by atoms with Gasteiger partial charge in [-0.1, -0.05) is 0 Å². The Hall–Kier alpha value is -0.850. The van der Waals surface area contributed by atoms with Gasteiger partial charge < -0.3 is 0 Å². The molecule has 0 N–H and O–H groups in total. The molecule has 56 valence electrons. The van der Waals surface area contributed by atoms with Crippen LogP contribution in [0.4, 0.5) is 0 Å². The Bertz CT molecular complexity index is 300. The monoisotopic (exact) mass is 262 g/mol. The van der Waals surface area contributed by atoms with E-state index < -0.39 is 0 Å². The molecule has 0 aliphatic rings. The van der Waals surface area contributed by atoms with Gasteiger partial charge in [0.1, 0.15) is 17.7 Å². The lowest BCUT2D eigenvalue weighted by molar-refractivity contribution is 0.110. The summed E-state index contributed by atoms with van der Waals surface area (Å²) in [6.45, 7) is 0. The van der Waals surface area contributed by atoms with Crippen molar-refractivity contribution in [3.05, 3.63) is 23.8 Å².